The van der Waals surface area contributed by atoms with Gasteiger partial charge in [-0.05, 0) is 30.5 Å². The van der Waals surface area contributed by atoms with Gasteiger partial charge in [-0.15, -0.1) is 0 Å². The van der Waals surface area contributed by atoms with E-state index in [0.29, 0.717) is 17.6 Å². The molecule has 1 saturated heterocycles. The van der Waals surface area contributed by atoms with E-state index in [-0.39, 0.29) is 6.10 Å². The van der Waals surface area contributed by atoms with Crippen molar-refractivity contribution >= 4 is 0 Å². The number of fused-ring (bicyclic) bond motifs is 3. The highest BCUT2D eigenvalue weighted by Crippen LogP contribution is 2.46. The lowest BCUT2D eigenvalue weighted by Gasteiger charge is -2.41. The van der Waals surface area contributed by atoms with E-state index in [9.17, 15) is 5.11 Å². The molecule has 1 unspecified atom stereocenters. The first-order valence-corrected chi connectivity index (χ1v) is 6.87. The second kappa shape index (κ2) is 4.81. The molecule has 0 spiro atoms. The van der Waals surface area contributed by atoms with Crippen LogP contribution in [0.5, 0.6) is 11.5 Å². The van der Waals surface area contributed by atoms with Crippen LogP contribution in [0.4, 0.5) is 0 Å². The Morgan fingerprint density at radius 3 is 3.11 bits per heavy atom. The monoisotopic (exact) mass is 248 g/mol. The van der Waals surface area contributed by atoms with Crippen LogP contribution in [0.3, 0.4) is 0 Å². The highest BCUT2D eigenvalue weighted by atomic mass is 16.5. The van der Waals surface area contributed by atoms with Gasteiger partial charge in [0.05, 0.1) is 12.7 Å². The number of aromatic hydroxyl groups is 1. The summed E-state index contributed by atoms with van der Waals surface area (Å²) in [5.41, 5.74) is 1.02. The van der Waals surface area contributed by atoms with Gasteiger partial charge in [0, 0.05) is 18.1 Å². The largest absolute Gasteiger partial charge is 0.508 e. The number of rotatable bonds is 2. The predicted octanol–water partition coefficient (Wildman–Crippen LogP) is 3.28. The van der Waals surface area contributed by atoms with Crippen molar-refractivity contribution in [1.29, 1.82) is 0 Å². The molecule has 98 valence electrons. The summed E-state index contributed by atoms with van der Waals surface area (Å²) in [5.74, 6) is 2.28. The second-order valence-electron chi connectivity index (χ2n) is 5.33. The van der Waals surface area contributed by atoms with E-state index in [0.717, 1.165) is 30.9 Å². The summed E-state index contributed by atoms with van der Waals surface area (Å²) in [6.45, 7) is 3.79. The van der Waals surface area contributed by atoms with Crippen LogP contribution in [0.2, 0.25) is 0 Å². The van der Waals surface area contributed by atoms with Gasteiger partial charge in [-0.3, -0.25) is 0 Å². The molecular formula is C15H20O3. The standard InChI is InChI=1S/C15H20O3/c1-2-3-10-6-7-17-15-12-8-11(16)4-5-14(12)18-9-13(10)15/h4-5,8,10,13,15-16H,2-3,6-7,9H2,1H3/t10?,13-,15-/m1/s1. The van der Waals surface area contributed by atoms with Gasteiger partial charge in [0.2, 0.25) is 0 Å². The van der Waals surface area contributed by atoms with Gasteiger partial charge in [0.25, 0.3) is 0 Å². The van der Waals surface area contributed by atoms with E-state index in [4.69, 9.17) is 9.47 Å². The van der Waals surface area contributed by atoms with Crippen molar-refractivity contribution in [2.75, 3.05) is 13.2 Å². The molecule has 3 rings (SSSR count). The van der Waals surface area contributed by atoms with Gasteiger partial charge in [0.1, 0.15) is 11.5 Å². The second-order valence-corrected chi connectivity index (χ2v) is 5.33. The smallest absolute Gasteiger partial charge is 0.125 e. The number of phenols is 1. The van der Waals surface area contributed by atoms with Gasteiger partial charge < -0.3 is 14.6 Å². The number of hydrogen-bond acceptors (Lipinski definition) is 3. The highest BCUT2D eigenvalue weighted by Gasteiger charge is 2.39. The third-order valence-electron chi connectivity index (χ3n) is 4.17. The molecule has 1 aromatic rings. The molecular weight excluding hydrogens is 228 g/mol. The molecule has 3 heteroatoms. The summed E-state index contributed by atoms with van der Waals surface area (Å²) in [5, 5.41) is 9.64. The quantitative estimate of drug-likeness (QED) is 0.873. The van der Waals surface area contributed by atoms with Crippen molar-refractivity contribution in [3.8, 4) is 11.5 Å². The molecule has 2 heterocycles. The lowest BCUT2D eigenvalue weighted by Crippen LogP contribution is -2.37. The summed E-state index contributed by atoms with van der Waals surface area (Å²) in [6.07, 6.45) is 3.68. The van der Waals surface area contributed by atoms with Crippen LogP contribution in [-0.4, -0.2) is 18.3 Å². The molecule has 2 aliphatic rings. The lowest BCUT2D eigenvalue weighted by atomic mass is 9.77. The van der Waals surface area contributed by atoms with Gasteiger partial charge in [-0.1, -0.05) is 19.8 Å². The molecule has 0 amide bonds. The molecule has 3 atom stereocenters. The molecule has 18 heavy (non-hydrogen) atoms. The van der Waals surface area contributed by atoms with E-state index < -0.39 is 0 Å². The van der Waals surface area contributed by atoms with Gasteiger partial charge >= 0.3 is 0 Å². The van der Waals surface area contributed by atoms with Crippen molar-refractivity contribution in [2.24, 2.45) is 11.8 Å². The first-order valence-electron chi connectivity index (χ1n) is 6.87. The summed E-state index contributed by atoms with van der Waals surface area (Å²) >= 11 is 0. The summed E-state index contributed by atoms with van der Waals surface area (Å²) < 4.78 is 11.8. The molecule has 0 saturated carbocycles. The Labute approximate surface area is 108 Å². The minimum Gasteiger partial charge on any atom is -0.508 e. The Morgan fingerprint density at radius 2 is 2.28 bits per heavy atom. The van der Waals surface area contributed by atoms with Crippen molar-refractivity contribution < 1.29 is 14.6 Å². The highest BCUT2D eigenvalue weighted by molar-refractivity contribution is 5.42. The Morgan fingerprint density at radius 1 is 1.39 bits per heavy atom. The first-order chi connectivity index (χ1) is 8.79. The summed E-state index contributed by atoms with van der Waals surface area (Å²) in [6, 6.07) is 5.31. The minimum absolute atomic E-state index is 0.103. The van der Waals surface area contributed by atoms with Crippen LogP contribution in [0, 0.1) is 11.8 Å². The number of phenolic OH excluding ortho intramolecular Hbond substituents is 1. The zero-order valence-electron chi connectivity index (χ0n) is 10.8. The average Bonchev–Trinajstić information content (AvgIpc) is 2.39. The Balaban J connectivity index is 1.91. The summed E-state index contributed by atoms with van der Waals surface area (Å²) in [4.78, 5) is 0. The molecule has 0 aromatic heterocycles. The maximum atomic E-state index is 9.64. The number of hydrogen-bond donors (Lipinski definition) is 1. The van der Waals surface area contributed by atoms with Crippen LogP contribution in [0.25, 0.3) is 0 Å². The van der Waals surface area contributed by atoms with E-state index in [1.165, 1.54) is 12.8 Å². The fraction of sp³-hybridized carbons (Fsp3) is 0.600. The van der Waals surface area contributed by atoms with Gasteiger partial charge in [-0.2, -0.15) is 0 Å². The fourth-order valence-electron chi connectivity index (χ4n) is 3.28. The molecule has 2 aliphatic heterocycles. The van der Waals surface area contributed by atoms with E-state index in [1.54, 1.807) is 12.1 Å². The Kier molecular flexibility index (Phi) is 3.16. The lowest BCUT2D eigenvalue weighted by molar-refractivity contribution is -0.0871. The van der Waals surface area contributed by atoms with Crippen LogP contribution >= 0.6 is 0 Å². The zero-order chi connectivity index (χ0) is 12.5. The van der Waals surface area contributed by atoms with Gasteiger partial charge in [0.15, 0.2) is 0 Å². The zero-order valence-corrected chi connectivity index (χ0v) is 10.8. The fourth-order valence-corrected chi connectivity index (χ4v) is 3.28. The molecule has 0 bridgehead atoms. The van der Waals surface area contributed by atoms with E-state index >= 15 is 0 Å². The number of benzene rings is 1. The SMILES string of the molecule is CCCC1CCO[C@@H]2c3cc(O)ccc3OC[C@H]12. The maximum absolute atomic E-state index is 9.64. The van der Waals surface area contributed by atoms with Crippen molar-refractivity contribution in [3.63, 3.8) is 0 Å². The van der Waals surface area contributed by atoms with E-state index in [2.05, 4.69) is 6.92 Å². The molecule has 1 N–H and O–H groups in total. The van der Waals surface area contributed by atoms with E-state index in [1.807, 2.05) is 6.07 Å². The van der Waals surface area contributed by atoms with Crippen LogP contribution in [0.15, 0.2) is 18.2 Å². The van der Waals surface area contributed by atoms with Crippen molar-refractivity contribution in [3.05, 3.63) is 23.8 Å². The maximum Gasteiger partial charge on any atom is 0.125 e. The minimum atomic E-state index is 0.103. The number of ether oxygens (including phenoxy) is 2. The third kappa shape index (κ3) is 1.97. The average molecular weight is 248 g/mol. The van der Waals surface area contributed by atoms with Crippen molar-refractivity contribution in [2.45, 2.75) is 32.3 Å². The van der Waals surface area contributed by atoms with Crippen LogP contribution in [-0.2, 0) is 4.74 Å². The molecule has 0 radical (unpaired) electrons. The normalized spacial score (nSPS) is 30.2. The Bertz CT molecular complexity index is 428. The first kappa shape index (κ1) is 11.8. The van der Waals surface area contributed by atoms with Gasteiger partial charge in [-0.25, -0.2) is 0 Å². The predicted molar refractivity (Wildman–Crippen MR) is 68.8 cm³/mol. The van der Waals surface area contributed by atoms with Crippen LogP contribution in [0.1, 0.15) is 37.9 Å². The Hall–Kier alpha value is -1.22. The van der Waals surface area contributed by atoms with Crippen molar-refractivity contribution in [1.82, 2.24) is 0 Å². The molecule has 3 nitrogen and oxygen atoms in total. The van der Waals surface area contributed by atoms with Crippen LogP contribution < -0.4 is 4.74 Å². The molecule has 1 aromatic carbocycles. The third-order valence-corrected chi connectivity index (χ3v) is 4.17. The summed E-state index contributed by atoms with van der Waals surface area (Å²) in [7, 11) is 0. The molecule has 0 aliphatic carbocycles. The topological polar surface area (TPSA) is 38.7 Å². The molecule has 1 fully saturated rings.